The van der Waals surface area contributed by atoms with E-state index in [4.69, 9.17) is 14.1 Å². The Bertz CT molecular complexity index is 1200. The number of benzene rings is 2. The molecule has 0 radical (unpaired) electrons. The molecular weight excluding hydrogens is 380 g/mol. The van der Waals surface area contributed by atoms with E-state index in [1.807, 2.05) is 42.5 Å². The van der Waals surface area contributed by atoms with Crippen LogP contribution in [0.15, 0.2) is 65.3 Å². The zero-order valence-corrected chi connectivity index (χ0v) is 16.7. The van der Waals surface area contributed by atoms with E-state index in [9.17, 15) is 4.79 Å². The molecule has 0 saturated carbocycles. The van der Waals surface area contributed by atoms with E-state index in [1.54, 1.807) is 25.5 Å². The largest absolute Gasteiger partial charge is 0.496 e. The number of para-hydroxylation sites is 1. The Hall–Kier alpha value is -3.58. The summed E-state index contributed by atoms with van der Waals surface area (Å²) in [6, 6.07) is 16.9. The van der Waals surface area contributed by atoms with Gasteiger partial charge in [-0.3, -0.25) is 9.69 Å². The van der Waals surface area contributed by atoms with Crippen molar-refractivity contribution in [2.75, 3.05) is 19.0 Å². The Morgan fingerprint density at radius 3 is 2.90 bits per heavy atom. The molecular formula is C23H22N4O3. The molecule has 7 nitrogen and oxygen atoms in total. The van der Waals surface area contributed by atoms with Crippen LogP contribution in [0.5, 0.6) is 5.75 Å². The zero-order chi connectivity index (χ0) is 20.5. The molecule has 0 fully saturated rings. The highest BCUT2D eigenvalue weighted by Crippen LogP contribution is 2.25. The third kappa shape index (κ3) is 3.44. The van der Waals surface area contributed by atoms with Gasteiger partial charge in [0, 0.05) is 18.8 Å². The van der Waals surface area contributed by atoms with Crippen LogP contribution in [0.3, 0.4) is 0 Å². The van der Waals surface area contributed by atoms with E-state index >= 15 is 0 Å². The van der Waals surface area contributed by atoms with Gasteiger partial charge in [-0.15, -0.1) is 0 Å². The van der Waals surface area contributed by atoms with E-state index in [1.165, 1.54) is 0 Å². The Morgan fingerprint density at radius 1 is 1.17 bits per heavy atom. The maximum absolute atomic E-state index is 12.7. The third-order valence-electron chi connectivity index (χ3n) is 5.40. The van der Waals surface area contributed by atoms with Gasteiger partial charge in [0.05, 0.1) is 43.1 Å². The van der Waals surface area contributed by atoms with Gasteiger partial charge >= 0.3 is 0 Å². The van der Waals surface area contributed by atoms with Gasteiger partial charge < -0.3 is 19.0 Å². The molecule has 0 bridgehead atoms. The predicted octanol–water partition coefficient (Wildman–Crippen LogP) is 3.91. The normalized spacial score (nSPS) is 13.9. The summed E-state index contributed by atoms with van der Waals surface area (Å²) in [6.07, 6.45) is 1.70. The monoisotopic (exact) mass is 402 g/mol. The van der Waals surface area contributed by atoms with Gasteiger partial charge in [0.1, 0.15) is 17.3 Å². The molecule has 2 aromatic heterocycles. The lowest BCUT2D eigenvalue weighted by molar-refractivity contribution is 0.102. The second kappa shape index (κ2) is 7.68. The van der Waals surface area contributed by atoms with Crippen LogP contribution in [-0.2, 0) is 19.6 Å². The summed E-state index contributed by atoms with van der Waals surface area (Å²) in [6.45, 7) is 3.35. The Balaban J connectivity index is 1.36. The second-order valence-corrected chi connectivity index (χ2v) is 7.33. The van der Waals surface area contributed by atoms with Crippen LogP contribution in [0.1, 0.15) is 21.9 Å². The van der Waals surface area contributed by atoms with Crippen LogP contribution in [-0.4, -0.2) is 34.0 Å². The summed E-state index contributed by atoms with van der Waals surface area (Å²) in [5, 5.41) is 2.95. The third-order valence-corrected chi connectivity index (χ3v) is 5.40. The molecule has 0 saturated heterocycles. The fourth-order valence-electron chi connectivity index (χ4n) is 3.94. The number of fused-ring (bicyclic) bond motifs is 3. The van der Waals surface area contributed by atoms with Gasteiger partial charge in [0.25, 0.3) is 5.91 Å². The quantitative estimate of drug-likeness (QED) is 0.548. The van der Waals surface area contributed by atoms with Crippen LogP contribution < -0.4 is 10.1 Å². The van der Waals surface area contributed by atoms with Gasteiger partial charge in [-0.2, -0.15) is 0 Å². The smallest absolute Gasteiger partial charge is 0.259 e. The highest BCUT2D eigenvalue weighted by atomic mass is 16.5. The first kappa shape index (κ1) is 18.4. The van der Waals surface area contributed by atoms with Gasteiger partial charge in [-0.1, -0.05) is 12.1 Å². The number of furan rings is 1. The minimum Gasteiger partial charge on any atom is -0.496 e. The number of nitrogens with zero attached hydrogens (tertiary/aromatic N) is 3. The summed E-state index contributed by atoms with van der Waals surface area (Å²) in [5.74, 6) is 2.32. The van der Waals surface area contributed by atoms with E-state index in [0.717, 1.165) is 48.8 Å². The fraction of sp³-hybridized carbons (Fsp3) is 0.217. The number of aromatic nitrogens is 2. The number of nitrogens with one attached hydrogen (secondary N) is 1. The highest BCUT2D eigenvalue weighted by Gasteiger charge is 2.21. The Kier molecular flexibility index (Phi) is 4.72. The number of rotatable bonds is 5. The molecule has 0 spiro atoms. The molecule has 30 heavy (non-hydrogen) atoms. The topological polar surface area (TPSA) is 72.5 Å². The standard InChI is InChI=1S/C23H22N4O3/c1-29-21-7-3-2-6-18(21)23(28)24-16-8-9-20-19(13-16)25-22-15-26(10-11-27(20)22)14-17-5-4-12-30-17/h2-9,12-13H,10-11,14-15H2,1H3,(H,24,28). The lowest BCUT2D eigenvalue weighted by Crippen LogP contribution is -2.33. The minimum atomic E-state index is -0.208. The maximum Gasteiger partial charge on any atom is 0.259 e. The number of anilines is 1. The zero-order valence-electron chi connectivity index (χ0n) is 16.7. The molecule has 0 atom stereocenters. The summed E-state index contributed by atoms with van der Waals surface area (Å²) in [4.78, 5) is 19.8. The number of hydrogen-bond acceptors (Lipinski definition) is 5. The average Bonchev–Trinajstić information content (AvgIpc) is 3.40. The van der Waals surface area contributed by atoms with Crippen LogP contribution >= 0.6 is 0 Å². The number of ether oxygens (including phenoxy) is 1. The molecule has 7 heteroatoms. The van der Waals surface area contributed by atoms with E-state index in [-0.39, 0.29) is 5.91 Å². The predicted molar refractivity (Wildman–Crippen MR) is 114 cm³/mol. The van der Waals surface area contributed by atoms with Crippen molar-refractivity contribution >= 4 is 22.6 Å². The molecule has 3 heterocycles. The molecule has 2 aromatic carbocycles. The van der Waals surface area contributed by atoms with E-state index in [2.05, 4.69) is 14.8 Å². The first-order valence-corrected chi connectivity index (χ1v) is 9.89. The van der Waals surface area contributed by atoms with Crippen LogP contribution in [0.25, 0.3) is 11.0 Å². The van der Waals surface area contributed by atoms with Crippen molar-refractivity contribution < 1.29 is 13.9 Å². The number of carbonyl (C=O) groups excluding carboxylic acids is 1. The number of hydrogen-bond donors (Lipinski definition) is 1. The average molecular weight is 402 g/mol. The Labute approximate surface area is 173 Å². The first-order valence-electron chi connectivity index (χ1n) is 9.89. The van der Waals surface area contributed by atoms with Gasteiger partial charge in [-0.25, -0.2) is 4.98 Å². The van der Waals surface area contributed by atoms with Crippen LogP contribution in [0.4, 0.5) is 5.69 Å². The number of carbonyl (C=O) groups is 1. The second-order valence-electron chi connectivity index (χ2n) is 7.33. The minimum absolute atomic E-state index is 0.208. The fourth-order valence-corrected chi connectivity index (χ4v) is 3.94. The van der Waals surface area contributed by atoms with Crippen molar-refractivity contribution in [3.63, 3.8) is 0 Å². The number of imidazole rings is 1. The molecule has 1 amide bonds. The summed E-state index contributed by atoms with van der Waals surface area (Å²) in [5.41, 5.74) is 3.17. The van der Waals surface area contributed by atoms with Crippen molar-refractivity contribution in [2.24, 2.45) is 0 Å². The molecule has 152 valence electrons. The molecule has 1 aliphatic rings. The van der Waals surface area contributed by atoms with Crippen molar-refractivity contribution in [2.45, 2.75) is 19.6 Å². The number of methoxy groups -OCH3 is 1. The van der Waals surface area contributed by atoms with Crippen molar-refractivity contribution in [3.8, 4) is 5.75 Å². The summed E-state index contributed by atoms with van der Waals surface area (Å²) >= 11 is 0. The summed E-state index contributed by atoms with van der Waals surface area (Å²) in [7, 11) is 1.56. The van der Waals surface area contributed by atoms with Crippen molar-refractivity contribution in [1.82, 2.24) is 14.5 Å². The molecule has 0 unspecified atom stereocenters. The molecule has 5 rings (SSSR count). The molecule has 1 aliphatic heterocycles. The Morgan fingerprint density at radius 2 is 2.07 bits per heavy atom. The summed E-state index contributed by atoms with van der Waals surface area (Å²) < 4.78 is 13.0. The van der Waals surface area contributed by atoms with Crippen molar-refractivity contribution in [1.29, 1.82) is 0 Å². The maximum atomic E-state index is 12.7. The first-order chi connectivity index (χ1) is 14.7. The highest BCUT2D eigenvalue weighted by molar-refractivity contribution is 6.06. The molecule has 0 aliphatic carbocycles. The van der Waals surface area contributed by atoms with Gasteiger partial charge in [-0.05, 0) is 42.5 Å². The van der Waals surface area contributed by atoms with Crippen LogP contribution in [0, 0.1) is 0 Å². The van der Waals surface area contributed by atoms with E-state index < -0.39 is 0 Å². The lowest BCUT2D eigenvalue weighted by atomic mass is 10.2. The lowest BCUT2D eigenvalue weighted by Gasteiger charge is -2.26. The van der Waals surface area contributed by atoms with Gasteiger partial charge in [0.15, 0.2) is 0 Å². The molecule has 1 N–H and O–H groups in total. The molecule has 4 aromatic rings. The van der Waals surface area contributed by atoms with Crippen molar-refractivity contribution in [3.05, 3.63) is 78.0 Å². The SMILES string of the molecule is COc1ccccc1C(=O)Nc1ccc2c(c1)nc1n2CCN(Cc2ccco2)C1. The number of amides is 1. The van der Waals surface area contributed by atoms with Crippen LogP contribution in [0.2, 0.25) is 0 Å². The van der Waals surface area contributed by atoms with Gasteiger partial charge in [0.2, 0.25) is 0 Å². The van der Waals surface area contributed by atoms with E-state index in [0.29, 0.717) is 17.0 Å².